The molecular formula is C12H16BrN3O. The van der Waals surface area contributed by atoms with E-state index in [-0.39, 0.29) is 12.1 Å². The summed E-state index contributed by atoms with van der Waals surface area (Å²) in [6.07, 6.45) is 1.98. The summed E-state index contributed by atoms with van der Waals surface area (Å²) >= 11 is 3.37. The van der Waals surface area contributed by atoms with E-state index in [4.69, 9.17) is 0 Å². The Bertz CT molecular complexity index is 391. The van der Waals surface area contributed by atoms with Gasteiger partial charge in [-0.25, -0.2) is 4.79 Å². The van der Waals surface area contributed by atoms with Gasteiger partial charge in [0.2, 0.25) is 0 Å². The van der Waals surface area contributed by atoms with Gasteiger partial charge in [-0.1, -0.05) is 22.0 Å². The molecular weight excluding hydrogens is 282 g/mol. The lowest BCUT2D eigenvalue weighted by atomic mass is 10.1. The Morgan fingerprint density at radius 2 is 2.12 bits per heavy atom. The number of carbonyl (C=O) groups is 1. The molecule has 1 fully saturated rings. The molecule has 1 aliphatic rings. The molecule has 0 saturated carbocycles. The summed E-state index contributed by atoms with van der Waals surface area (Å²) in [7, 11) is 0. The molecule has 1 heterocycles. The van der Waals surface area contributed by atoms with Crippen molar-refractivity contribution < 1.29 is 4.79 Å². The molecule has 4 nitrogen and oxygen atoms in total. The predicted octanol–water partition coefficient (Wildman–Crippen LogP) is 2.32. The number of rotatable bonds is 2. The number of benzene rings is 1. The fourth-order valence-electron chi connectivity index (χ4n) is 1.89. The topological polar surface area (TPSA) is 53.2 Å². The predicted molar refractivity (Wildman–Crippen MR) is 72.2 cm³/mol. The van der Waals surface area contributed by atoms with Crippen LogP contribution in [0.3, 0.4) is 0 Å². The first-order valence-corrected chi connectivity index (χ1v) is 6.57. The second-order valence-corrected chi connectivity index (χ2v) is 5.05. The van der Waals surface area contributed by atoms with Gasteiger partial charge < -0.3 is 16.0 Å². The number of halogens is 1. The SMILES string of the molecule is O=C(Nc1cccc(Br)c1)NC1CCNCC1. The van der Waals surface area contributed by atoms with Crippen LogP contribution in [0.2, 0.25) is 0 Å². The van der Waals surface area contributed by atoms with Crippen LogP contribution < -0.4 is 16.0 Å². The maximum absolute atomic E-state index is 11.7. The number of urea groups is 1. The molecule has 1 saturated heterocycles. The highest BCUT2D eigenvalue weighted by Gasteiger charge is 2.14. The summed E-state index contributed by atoms with van der Waals surface area (Å²) in [5.74, 6) is 0. The lowest BCUT2D eigenvalue weighted by molar-refractivity contribution is 0.245. The van der Waals surface area contributed by atoms with Crippen molar-refractivity contribution in [3.63, 3.8) is 0 Å². The Labute approximate surface area is 109 Å². The Morgan fingerprint density at radius 1 is 1.35 bits per heavy atom. The van der Waals surface area contributed by atoms with Crippen molar-refractivity contribution in [3.05, 3.63) is 28.7 Å². The molecule has 0 aliphatic carbocycles. The Hall–Kier alpha value is -1.07. The van der Waals surface area contributed by atoms with Crippen LogP contribution in [-0.2, 0) is 0 Å². The van der Waals surface area contributed by atoms with Crippen LogP contribution in [-0.4, -0.2) is 25.2 Å². The number of piperidine rings is 1. The number of nitrogens with one attached hydrogen (secondary N) is 3. The minimum absolute atomic E-state index is 0.130. The van der Waals surface area contributed by atoms with Gasteiger partial charge in [-0.3, -0.25) is 0 Å². The van der Waals surface area contributed by atoms with Gasteiger partial charge in [0.25, 0.3) is 0 Å². The molecule has 0 atom stereocenters. The second kappa shape index (κ2) is 6.02. The highest BCUT2D eigenvalue weighted by molar-refractivity contribution is 9.10. The average Bonchev–Trinajstić information content (AvgIpc) is 2.30. The summed E-state index contributed by atoms with van der Waals surface area (Å²) in [5.41, 5.74) is 0.797. The quantitative estimate of drug-likeness (QED) is 0.785. The van der Waals surface area contributed by atoms with Gasteiger partial charge in [-0.05, 0) is 44.1 Å². The molecule has 92 valence electrons. The Morgan fingerprint density at radius 3 is 2.82 bits per heavy atom. The number of amides is 2. The molecule has 1 aromatic rings. The minimum Gasteiger partial charge on any atom is -0.335 e. The molecule has 0 unspecified atom stereocenters. The van der Waals surface area contributed by atoms with Gasteiger partial charge in [0.15, 0.2) is 0 Å². The van der Waals surface area contributed by atoms with Gasteiger partial charge in [-0.2, -0.15) is 0 Å². The van der Waals surface area contributed by atoms with Crippen molar-refractivity contribution in [3.8, 4) is 0 Å². The van der Waals surface area contributed by atoms with Crippen LogP contribution in [0.4, 0.5) is 10.5 Å². The number of hydrogen-bond donors (Lipinski definition) is 3. The zero-order valence-corrected chi connectivity index (χ0v) is 11.1. The van der Waals surface area contributed by atoms with Gasteiger partial charge in [-0.15, -0.1) is 0 Å². The maximum atomic E-state index is 11.7. The first-order chi connectivity index (χ1) is 8.24. The zero-order valence-electron chi connectivity index (χ0n) is 9.50. The molecule has 0 aromatic heterocycles. The minimum atomic E-state index is -0.130. The fourth-order valence-corrected chi connectivity index (χ4v) is 2.28. The van der Waals surface area contributed by atoms with E-state index in [2.05, 4.69) is 31.9 Å². The largest absolute Gasteiger partial charge is 0.335 e. The summed E-state index contributed by atoms with van der Waals surface area (Å²) in [6.45, 7) is 1.95. The highest BCUT2D eigenvalue weighted by Crippen LogP contribution is 2.15. The van der Waals surface area contributed by atoms with Crippen LogP contribution >= 0.6 is 15.9 Å². The Kier molecular flexibility index (Phi) is 4.39. The van der Waals surface area contributed by atoms with Crippen LogP contribution in [0.25, 0.3) is 0 Å². The fraction of sp³-hybridized carbons (Fsp3) is 0.417. The van der Waals surface area contributed by atoms with Crippen molar-refractivity contribution in [1.29, 1.82) is 0 Å². The molecule has 5 heteroatoms. The Balaban J connectivity index is 1.84. The van der Waals surface area contributed by atoms with E-state index in [0.29, 0.717) is 0 Å². The first-order valence-electron chi connectivity index (χ1n) is 5.78. The van der Waals surface area contributed by atoms with E-state index in [0.717, 1.165) is 36.1 Å². The van der Waals surface area contributed by atoms with Gasteiger partial charge in [0.05, 0.1) is 0 Å². The first kappa shape index (κ1) is 12.4. The van der Waals surface area contributed by atoms with Crippen molar-refractivity contribution >= 4 is 27.6 Å². The van der Waals surface area contributed by atoms with E-state index in [9.17, 15) is 4.79 Å². The van der Waals surface area contributed by atoms with Gasteiger partial charge in [0.1, 0.15) is 0 Å². The van der Waals surface area contributed by atoms with E-state index < -0.39 is 0 Å². The zero-order chi connectivity index (χ0) is 12.1. The number of anilines is 1. The van der Waals surface area contributed by atoms with Gasteiger partial charge >= 0.3 is 6.03 Å². The maximum Gasteiger partial charge on any atom is 0.319 e. The molecule has 0 spiro atoms. The molecule has 0 bridgehead atoms. The second-order valence-electron chi connectivity index (χ2n) is 4.13. The third-order valence-corrected chi connectivity index (χ3v) is 3.25. The van der Waals surface area contributed by atoms with E-state index in [1.54, 1.807) is 0 Å². The van der Waals surface area contributed by atoms with Crippen molar-refractivity contribution in [2.75, 3.05) is 18.4 Å². The van der Waals surface area contributed by atoms with E-state index in [1.165, 1.54) is 0 Å². The lowest BCUT2D eigenvalue weighted by Crippen LogP contribution is -2.44. The van der Waals surface area contributed by atoms with Crippen molar-refractivity contribution in [1.82, 2.24) is 10.6 Å². The summed E-state index contributed by atoms with van der Waals surface area (Å²) in [6, 6.07) is 7.72. The van der Waals surface area contributed by atoms with Crippen molar-refractivity contribution in [2.45, 2.75) is 18.9 Å². The van der Waals surface area contributed by atoms with Gasteiger partial charge in [0, 0.05) is 16.2 Å². The highest BCUT2D eigenvalue weighted by atomic mass is 79.9. The molecule has 0 radical (unpaired) electrons. The van der Waals surface area contributed by atoms with Crippen LogP contribution in [0.5, 0.6) is 0 Å². The molecule has 1 aromatic carbocycles. The normalized spacial score (nSPS) is 16.5. The number of hydrogen-bond acceptors (Lipinski definition) is 2. The third kappa shape index (κ3) is 4.02. The molecule has 17 heavy (non-hydrogen) atoms. The molecule has 1 aliphatic heterocycles. The molecule has 2 rings (SSSR count). The smallest absolute Gasteiger partial charge is 0.319 e. The summed E-state index contributed by atoms with van der Waals surface area (Å²) < 4.78 is 0.956. The summed E-state index contributed by atoms with van der Waals surface area (Å²) in [4.78, 5) is 11.7. The van der Waals surface area contributed by atoms with Crippen molar-refractivity contribution in [2.24, 2.45) is 0 Å². The van der Waals surface area contributed by atoms with Crippen LogP contribution in [0.1, 0.15) is 12.8 Å². The average molecular weight is 298 g/mol. The lowest BCUT2D eigenvalue weighted by Gasteiger charge is -2.23. The van der Waals surface area contributed by atoms with E-state index >= 15 is 0 Å². The monoisotopic (exact) mass is 297 g/mol. The summed E-state index contributed by atoms with van der Waals surface area (Å²) in [5, 5.41) is 9.08. The molecule has 3 N–H and O–H groups in total. The standard InChI is InChI=1S/C12H16BrN3O/c13-9-2-1-3-11(8-9)16-12(17)15-10-4-6-14-7-5-10/h1-3,8,10,14H,4-7H2,(H2,15,16,17). The van der Waals surface area contributed by atoms with Crippen LogP contribution in [0.15, 0.2) is 28.7 Å². The van der Waals surface area contributed by atoms with Crippen LogP contribution in [0, 0.1) is 0 Å². The molecule has 2 amide bonds. The third-order valence-electron chi connectivity index (χ3n) is 2.76. The number of carbonyl (C=O) groups excluding carboxylic acids is 1. The van der Waals surface area contributed by atoms with E-state index in [1.807, 2.05) is 24.3 Å².